The highest BCUT2D eigenvalue weighted by Crippen LogP contribution is 2.27. The average Bonchev–Trinajstić information content (AvgIpc) is 3.13. The van der Waals surface area contributed by atoms with E-state index in [0.29, 0.717) is 0 Å². The molecule has 6 heteroatoms. The molecule has 0 aromatic heterocycles. The van der Waals surface area contributed by atoms with Crippen molar-refractivity contribution in [3.63, 3.8) is 0 Å². The minimum Gasteiger partial charge on any atom is -0.374 e. The van der Waals surface area contributed by atoms with Gasteiger partial charge in [0.1, 0.15) is 0 Å². The molecule has 2 fully saturated rings. The lowest BCUT2D eigenvalue weighted by Crippen LogP contribution is -2.48. The molecule has 2 rings (SSSR count). The summed E-state index contributed by atoms with van der Waals surface area (Å²) in [6, 6.07) is 0. The Bertz CT molecular complexity index is 271. The number of hydrogen-bond donors (Lipinski definition) is 2. The summed E-state index contributed by atoms with van der Waals surface area (Å²) in [7, 11) is 3.95. The summed E-state index contributed by atoms with van der Waals surface area (Å²) in [5, 5.41) is 6.68. The monoisotopic (exact) mass is 368 g/mol. The summed E-state index contributed by atoms with van der Waals surface area (Å²) >= 11 is 0. The maximum Gasteiger partial charge on any atom is 0.191 e. The predicted molar refractivity (Wildman–Crippen MR) is 84.7 cm³/mol. The molecule has 0 amide bonds. The van der Waals surface area contributed by atoms with E-state index < -0.39 is 0 Å². The fourth-order valence-corrected chi connectivity index (χ4v) is 1.98. The largest absolute Gasteiger partial charge is 0.374 e. The lowest BCUT2D eigenvalue weighted by molar-refractivity contribution is -0.0161. The van der Waals surface area contributed by atoms with E-state index >= 15 is 0 Å². The van der Waals surface area contributed by atoms with E-state index in [1.54, 1.807) is 0 Å². The van der Waals surface area contributed by atoms with Gasteiger partial charge in [-0.2, -0.15) is 0 Å². The molecular formula is C12H25IN4O. The van der Waals surface area contributed by atoms with E-state index in [1.807, 2.05) is 7.05 Å². The molecule has 2 aliphatic rings. The van der Waals surface area contributed by atoms with Crippen LogP contribution in [0.3, 0.4) is 0 Å². The summed E-state index contributed by atoms with van der Waals surface area (Å²) in [4.78, 5) is 6.52. The third-order valence-electron chi connectivity index (χ3n) is 3.32. The zero-order chi connectivity index (χ0) is 12.1. The van der Waals surface area contributed by atoms with Gasteiger partial charge in [0.25, 0.3) is 0 Å². The minimum atomic E-state index is 0. The topological polar surface area (TPSA) is 48.9 Å². The summed E-state index contributed by atoms with van der Waals surface area (Å²) in [6.07, 6.45) is 2.99. The summed E-state index contributed by atoms with van der Waals surface area (Å²) in [5.74, 6) is 1.76. The van der Waals surface area contributed by atoms with Gasteiger partial charge in [0.2, 0.25) is 0 Å². The van der Waals surface area contributed by atoms with Gasteiger partial charge in [0.05, 0.1) is 12.7 Å². The maximum absolute atomic E-state index is 5.69. The molecule has 0 bridgehead atoms. The Kier molecular flexibility index (Phi) is 7.25. The molecule has 1 saturated carbocycles. The van der Waals surface area contributed by atoms with Crippen LogP contribution in [-0.4, -0.2) is 63.8 Å². The predicted octanol–water partition coefficient (Wildman–Crippen LogP) is 0.510. The van der Waals surface area contributed by atoms with Crippen LogP contribution in [0.15, 0.2) is 4.99 Å². The molecule has 0 aromatic carbocycles. The van der Waals surface area contributed by atoms with E-state index in [0.717, 1.165) is 44.7 Å². The Morgan fingerprint density at radius 1 is 1.33 bits per heavy atom. The zero-order valence-corrected chi connectivity index (χ0v) is 13.6. The molecule has 18 heavy (non-hydrogen) atoms. The van der Waals surface area contributed by atoms with Gasteiger partial charge in [-0.3, -0.25) is 4.99 Å². The fraction of sp³-hybridized carbons (Fsp3) is 0.917. The van der Waals surface area contributed by atoms with Crippen LogP contribution >= 0.6 is 24.0 Å². The third kappa shape index (κ3) is 5.71. The second-order valence-electron chi connectivity index (χ2n) is 5.03. The lowest BCUT2D eigenvalue weighted by Gasteiger charge is -2.30. The van der Waals surface area contributed by atoms with E-state index in [-0.39, 0.29) is 30.1 Å². The number of nitrogens with one attached hydrogen (secondary N) is 2. The smallest absolute Gasteiger partial charge is 0.191 e. The van der Waals surface area contributed by atoms with Gasteiger partial charge in [0.15, 0.2) is 5.96 Å². The maximum atomic E-state index is 5.69. The van der Waals surface area contributed by atoms with Gasteiger partial charge in [-0.1, -0.05) is 0 Å². The molecule has 2 N–H and O–H groups in total. The van der Waals surface area contributed by atoms with Crippen LogP contribution in [0.5, 0.6) is 0 Å². The third-order valence-corrected chi connectivity index (χ3v) is 3.32. The lowest BCUT2D eigenvalue weighted by atomic mass is 10.3. The van der Waals surface area contributed by atoms with Crippen LogP contribution in [0.2, 0.25) is 0 Å². The Morgan fingerprint density at radius 3 is 2.67 bits per heavy atom. The van der Waals surface area contributed by atoms with E-state index in [4.69, 9.17) is 4.74 Å². The Labute approximate surface area is 127 Å². The molecule has 1 saturated heterocycles. The first kappa shape index (κ1) is 16.0. The van der Waals surface area contributed by atoms with Crippen LogP contribution in [0.4, 0.5) is 0 Å². The van der Waals surface area contributed by atoms with Crippen LogP contribution in [-0.2, 0) is 4.74 Å². The number of rotatable bonds is 4. The first-order valence-corrected chi connectivity index (χ1v) is 6.52. The van der Waals surface area contributed by atoms with Crippen molar-refractivity contribution in [2.45, 2.75) is 18.9 Å². The molecule has 1 heterocycles. The summed E-state index contributed by atoms with van der Waals surface area (Å²) in [5.41, 5.74) is 0. The molecule has 0 aromatic rings. The Hall–Kier alpha value is -0.0800. The van der Waals surface area contributed by atoms with Crippen LogP contribution in [0.25, 0.3) is 0 Å². The highest BCUT2D eigenvalue weighted by Gasteiger charge is 2.21. The van der Waals surface area contributed by atoms with Crippen molar-refractivity contribution in [2.24, 2.45) is 10.9 Å². The van der Waals surface area contributed by atoms with Crippen molar-refractivity contribution in [2.75, 3.05) is 46.9 Å². The highest BCUT2D eigenvalue weighted by atomic mass is 127. The molecule has 0 spiro atoms. The van der Waals surface area contributed by atoms with Gasteiger partial charge < -0.3 is 20.3 Å². The van der Waals surface area contributed by atoms with E-state index in [2.05, 4.69) is 27.6 Å². The molecular weight excluding hydrogens is 343 g/mol. The first-order chi connectivity index (χ1) is 8.28. The Balaban J connectivity index is 0.00000162. The van der Waals surface area contributed by atoms with Crippen LogP contribution < -0.4 is 10.6 Å². The van der Waals surface area contributed by atoms with Crippen LogP contribution in [0.1, 0.15) is 12.8 Å². The van der Waals surface area contributed by atoms with Crippen LogP contribution in [0, 0.1) is 5.92 Å². The van der Waals surface area contributed by atoms with Gasteiger partial charge in [0, 0.05) is 33.2 Å². The summed E-state index contributed by atoms with van der Waals surface area (Å²) < 4.78 is 5.69. The van der Waals surface area contributed by atoms with Crippen molar-refractivity contribution in [3.05, 3.63) is 0 Å². The number of nitrogens with zero attached hydrogens (tertiary/aromatic N) is 2. The summed E-state index contributed by atoms with van der Waals surface area (Å²) in [6.45, 7) is 4.73. The highest BCUT2D eigenvalue weighted by molar-refractivity contribution is 14.0. The Morgan fingerprint density at radius 2 is 2.06 bits per heavy atom. The second-order valence-corrected chi connectivity index (χ2v) is 5.03. The number of aliphatic imine (C=N–C) groups is 1. The van der Waals surface area contributed by atoms with E-state index in [1.165, 1.54) is 12.8 Å². The fourth-order valence-electron chi connectivity index (χ4n) is 1.98. The van der Waals surface area contributed by atoms with Gasteiger partial charge >= 0.3 is 0 Å². The zero-order valence-electron chi connectivity index (χ0n) is 11.3. The van der Waals surface area contributed by atoms with Crippen molar-refractivity contribution < 1.29 is 4.74 Å². The number of ether oxygens (including phenoxy) is 1. The average molecular weight is 368 g/mol. The van der Waals surface area contributed by atoms with Gasteiger partial charge in [-0.25, -0.2) is 0 Å². The van der Waals surface area contributed by atoms with Gasteiger partial charge in [-0.15, -0.1) is 24.0 Å². The molecule has 106 valence electrons. The van der Waals surface area contributed by atoms with Crippen molar-refractivity contribution in [1.29, 1.82) is 0 Å². The van der Waals surface area contributed by atoms with Crippen molar-refractivity contribution in [1.82, 2.24) is 15.5 Å². The SMILES string of the molecule is CN=C(NCC1CC1)NCC1CN(C)CCO1.I. The van der Waals surface area contributed by atoms with Gasteiger partial charge in [-0.05, 0) is 25.8 Å². The molecule has 1 aliphatic carbocycles. The molecule has 0 radical (unpaired) electrons. The quantitative estimate of drug-likeness (QED) is 0.431. The number of hydrogen-bond acceptors (Lipinski definition) is 3. The van der Waals surface area contributed by atoms with Crippen molar-refractivity contribution >= 4 is 29.9 Å². The molecule has 5 nitrogen and oxygen atoms in total. The standard InChI is InChI=1S/C12H24N4O.HI/c1-13-12(14-7-10-3-4-10)15-8-11-9-16(2)5-6-17-11;/h10-11H,3-9H2,1-2H3,(H2,13,14,15);1H. The molecule has 1 atom stereocenters. The molecule has 1 aliphatic heterocycles. The normalized spacial score (nSPS) is 25.4. The molecule has 1 unspecified atom stereocenters. The van der Waals surface area contributed by atoms with E-state index in [9.17, 15) is 0 Å². The number of morpholine rings is 1. The second kappa shape index (κ2) is 8.16. The number of halogens is 1. The number of likely N-dealkylation sites (N-methyl/N-ethyl adjacent to an activating group) is 1. The minimum absolute atomic E-state index is 0. The number of guanidine groups is 1. The van der Waals surface area contributed by atoms with Crippen molar-refractivity contribution in [3.8, 4) is 0 Å². The first-order valence-electron chi connectivity index (χ1n) is 6.52.